The first-order valence-electron chi connectivity index (χ1n) is 5.68. The molecule has 0 amide bonds. The molecule has 0 saturated carbocycles. The summed E-state index contributed by atoms with van der Waals surface area (Å²) < 4.78 is 0. The Morgan fingerprint density at radius 3 is 2.35 bits per heavy atom. The lowest BCUT2D eigenvalue weighted by Gasteiger charge is -1.93. The first kappa shape index (κ1) is 10.0. The van der Waals surface area contributed by atoms with E-state index in [1.54, 1.807) is 0 Å². The predicted octanol–water partition coefficient (Wildman–Crippen LogP) is 3.66. The van der Waals surface area contributed by atoms with Gasteiger partial charge in [0.2, 0.25) is 0 Å². The van der Waals surface area contributed by atoms with Crippen LogP contribution >= 0.6 is 0 Å². The zero-order chi connectivity index (χ0) is 11.8. The van der Waals surface area contributed by atoms with Gasteiger partial charge in [0.1, 0.15) is 0 Å². The summed E-state index contributed by atoms with van der Waals surface area (Å²) in [6.07, 6.45) is 0. The molecule has 1 heteroatoms. The van der Waals surface area contributed by atoms with E-state index in [1.165, 1.54) is 5.56 Å². The zero-order valence-electron chi connectivity index (χ0n) is 9.60. The Balaban J connectivity index is 2.63. The van der Waals surface area contributed by atoms with Crippen LogP contribution in [-0.4, -0.2) is 0 Å². The first-order valence-corrected chi connectivity index (χ1v) is 5.68. The lowest BCUT2D eigenvalue weighted by Crippen LogP contribution is -1.97. The molecule has 1 nitrogen and oxygen atoms in total. The minimum absolute atomic E-state index is 0.112. The maximum atomic E-state index is 12.4. The van der Waals surface area contributed by atoms with E-state index >= 15 is 0 Å². The van der Waals surface area contributed by atoms with Gasteiger partial charge in [0.15, 0.2) is 5.43 Å². The molecule has 0 aromatic heterocycles. The Kier molecular flexibility index (Phi) is 2.19. The molecule has 0 atom stereocenters. The van der Waals surface area contributed by atoms with E-state index in [0.717, 1.165) is 21.5 Å². The number of rotatable bonds is 0. The third kappa shape index (κ3) is 1.60. The van der Waals surface area contributed by atoms with Gasteiger partial charge in [0, 0.05) is 10.8 Å². The van der Waals surface area contributed by atoms with E-state index in [-0.39, 0.29) is 5.43 Å². The number of aryl methyl sites for hydroxylation is 1. The van der Waals surface area contributed by atoms with Gasteiger partial charge in [-0.2, -0.15) is 0 Å². The van der Waals surface area contributed by atoms with Crippen molar-refractivity contribution in [2.75, 3.05) is 0 Å². The van der Waals surface area contributed by atoms with Crippen LogP contribution < -0.4 is 5.43 Å². The molecule has 0 N–H and O–H groups in total. The molecule has 0 aliphatic rings. The van der Waals surface area contributed by atoms with Crippen molar-refractivity contribution in [2.45, 2.75) is 6.92 Å². The molecule has 0 unspecified atom stereocenters. The number of fused-ring (bicyclic) bond motifs is 2. The van der Waals surface area contributed by atoms with Crippen LogP contribution in [0.2, 0.25) is 0 Å². The van der Waals surface area contributed by atoms with Crippen molar-refractivity contribution in [1.29, 1.82) is 0 Å². The van der Waals surface area contributed by atoms with Crippen LogP contribution in [0.25, 0.3) is 21.5 Å². The molecule has 0 spiro atoms. The molecule has 3 rings (SSSR count). The average molecular weight is 220 g/mol. The van der Waals surface area contributed by atoms with Gasteiger partial charge in [0.05, 0.1) is 0 Å². The zero-order valence-corrected chi connectivity index (χ0v) is 9.60. The van der Waals surface area contributed by atoms with Crippen LogP contribution in [0.4, 0.5) is 0 Å². The van der Waals surface area contributed by atoms with Crippen LogP contribution in [-0.2, 0) is 0 Å². The van der Waals surface area contributed by atoms with E-state index < -0.39 is 0 Å². The summed E-state index contributed by atoms with van der Waals surface area (Å²) in [6, 6.07) is 17.7. The summed E-state index contributed by atoms with van der Waals surface area (Å²) in [6.45, 7) is 2.04. The van der Waals surface area contributed by atoms with E-state index in [4.69, 9.17) is 0 Å². The van der Waals surface area contributed by atoms with Gasteiger partial charge in [-0.25, -0.2) is 0 Å². The van der Waals surface area contributed by atoms with Crippen molar-refractivity contribution >= 4 is 21.5 Å². The first-order chi connectivity index (χ1) is 8.25. The Hall–Kier alpha value is -2.15. The average Bonchev–Trinajstić information content (AvgIpc) is 2.48. The van der Waals surface area contributed by atoms with Crippen LogP contribution in [0.3, 0.4) is 0 Å². The van der Waals surface area contributed by atoms with E-state index in [0.29, 0.717) is 0 Å². The second-order valence-corrected chi connectivity index (χ2v) is 4.34. The molecule has 3 aromatic carbocycles. The van der Waals surface area contributed by atoms with Crippen molar-refractivity contribution in [3.05, 3.63) is 70.4 Å². The topological polar surface area (TPSA) is 17.1 Å². The maximum absolute atomic E-state index is 12.4. The fraction of sp³-hybridized carbons (Fsp3) is 0.0625. The lowest BCUT2D eigenvalue weighted by molar-refractivity contribution is 1.51. The van der Waals surface area contributed by atoms with E-state index in [2.05, 4.69) is 6.07 Å². The summed E-state index contributed by atoms with van der Waals surface area (Å²) in [5.41, 5.74) is 1.28. The summed E-state index contributed by atoms with van der Waals surface area (Å²) in [5, 5.41) is 3.57. The van der Waals surface area contributed by atoms with Gasteiger partial charge in [-0.05, 0) is 17.7 Å². The molecular weight excluding hydrogens is 208 g/mol. The molecule has 82 valence electrons. The number of hydrogen-bond donors (Lipinski definition) is 0. The lowest BCUT2D eigenvalue weighted by atomic mass is 10.1. The van der Waals surface area contributed by atoms with Gasteiger partial charge in [-0.1, -0.05) is 60.2 Å². The van der Waals surface area contributed by atoms with Crippen molar-refractivity contribution in [3.8, 4) is 0 Å². The molecule has 0 bridgehead atoms. The van der Waals surface area contributed by atoms with Crippen LogP contribution in [0, 0.1) is 6.92 Å². The van der Waals surface area contributed by atoms with Crippen molar-refractivity contribution in [2.24, 2.45) is 0 Å². The van der Waals surface area contributed by atoms with Gasteiger partial charge in [-0.15, -0.1) is 0 Å². The third-order valence-electron chi connectivity index (χ3n) is 3.10. The highest BCUT2D eigenvalue weighted by atomic mass is 16.1. The van der Waals surface area contributed by atoms with Crippen molar-refractivity contribution in [3.63, 3.8) is 0 Å². The summed E-state index contributed by atoms with van der Waals surface area (Å²) in [4.78, 5) is 12.4. The second-order valence-electron chi connectivity index (χ2n) is 4.34. The molecule has 0 heterocycles. The van der Waals surface area contributed by atoms with E-state index in [9.17, 15) is 4.79 Å². The molecular formula is C16H12O. The summed E-state index contributed by atoms with van der Waals surface area (Å²) in [5.74, 6) is 0. The molecule has 17 heavy (non-hydrogen) atoms. The molecule has 0 fully saturated rings. The van der Waals surface area contributed by atoms with Crippen LogP contribution in [0.1, 0.15) is 5.56 Å². The summed E-state index contributed by atoms with van der Waals surface area (Å²) >= 11 is 0. The normalized spacial score (nSPS) is 10.9. The SMILES string of the molecule is Cc1ccc2c(=O)c3ccccc3ccc2c1. The number of hydrogen-bond acceptors (Lipinski definition) is 1. The highest BCUT2D eigenvalue weighted by molar-refractivity contribution is 5.93. The van der Waals surface area contributed by atoms with Crippen LogP contribution in [0.5, 0.6) is 0 Å². The standard InChI is InChI=1S/C16H12O/c1-11-6-9-15-13(10-11)8-7-12-4-2-3-5-14(12)16(15)17/h2-10H,1H3. The monoisotopic (exact) mass is 220 g/mol. The molecule has 0 saturated heterocycles. The minimum atomic E-state index is 0.112. The molecule has 0 aliphatic carbocycles. The minimum Gasteiger partial charge on any atom is -0.289 e. The highest BCUT2D eigenvalue weighted by Gasteiger charge is 2.01. The molecule has 0 radical (unpaired) electrons. The Labute approximate surface area is 99.3 Å². The fourth-order valence-corrected chi connectivity index (χ4v) is 2.20. The van der Waals surface area contributed by atoms with Crippen LogP contribution in [0.15, 0.2) is 59.4 Å². The fourth-order valence-electron chi connectivity index (χ4n) is 2.20. The Morgan fingerprint density at radius 1 is 0.765 bits per heavy atom. The van der Waals surface area contributed by atoms with Gasteiger partial charge >= 0.3 is 0 Å². The largest absolute Gasteiger partial charge is 0.289 e. The van der Waals surface area contributed by atoms with E-state index in [1.807, 2.05) is 55.5 Å². The van der Waals surface area contributed by atoms with Crippen molar-refractivity contribution in [1.82, 2.24) is 0 Å². The predicted molar refractivity (Wildman–Crippen MR) is 72.5 cm³/mol. The second kappa shape index (κ2) is 3.70. The van der Waals surface area contributed by atoms with Gasteiger partial charge in [0.25, 0.3) is 0 Å². The third-order valence-corrected chi connectivity index (χ3v) is 3.10. The Bertz CT molecular complexity index is 772. The number of benzene rings is 2. The Morgan fingerprint density at radius 2 is 1.47 bits per heavy atom. The van der Waals surface area contributed by atoms with Gasteiger partial charge in [-0.3, -0.25) is 4.79 Å². The maximum Gasteiger partial charge on any atom is 0.194 e. The summed E-state index contributed by atoms with van der Waals surface area (Å²) in [7, 11) is 0. The highest BCUT2D eigenvalue weighted by Crippen LogP contribution is 2.16. The van der Waals surface area contributed by atoms with Crippen molar-refractivity contribution < 1.29 is 0 Å². The van der Waals surface area contributed by atoms with Gasteiger partial charge < -0.3 is 0 Å². The quantitative estimate of drug-likeness (QED) is 0.565. The molecule has 3 aromatic rings. The smallest absolute Gasteiger partial charge is 0.194 e. The molecule has 0 aliphatic heterocycles.